The number of benzene rings is 1. The van der Waals surface area contributed by atoms with Gasteiger partial charge >= 0.3 is 12.1 Å². The Morgan fingerprint density at radius 1 is 1.32 bits per heavy atom. The lowest BCUT2D eigenvalue weighted by Gasteiger charge is -2.06. The molecule has 118 valence electrons. The van der Waals surface area contributed by atoms with Crippen molar-refractivity contribution in [2.75, 3.05) is 5.32 Å². The maximum Gasteiger partial charge on any atom is 0.449 e. The summed E-state index contributed by atoms with van der Waals surface area (Å²) < 4.78 is 39.2. The van der Waals surface area contributed by atoms with Crippen molar-refractivity contribution in [3.63, 3.8) is 0 Å². The molecular formula is C13H12F3N3O3. The molecule has 1 aromatic carbocycles. The number of halogens is 3. The van der Waals surface area contributed by atoms with E-state index in [4.69, 9.17) is 5.11 Å². The number of hydrogen-bond donors (Lipinski definition) is 2. The van der Waals surface area contributed by atoms with E-state index < -0.39 is 23.9 Å². The molecule has 0 saturated heterocycles. The molecule has 2 aromatic rings. The maximum atomic E-state index is 12.8. The zero-order valence-corrected chi connectivity index (χ0v) is 11.4. The highest BCUT2D eigenvalue weighted by atomic mass is 19.4. The van der Waals surface area contributed by atoms with Crippen LogP contribution in [0.25, 0.3) is 11.0 Å². The van der Waals surface area contributed by atoms with Gasteiger partial charge in [0.2, 0.25) is 11.7 Å². The second-order valence-electron chi connectivity index (χ2n) is 4.64. The molecule has 0 unspecified atom stereocenters. The first kappa shape index (κ1) is 15.8. The van der Waals surface area contributed by atoms with Crippen LogP contribution in [0.3, 0.4) is 0 Å². The number of aryl methyl sites for hydroxylation is 1. The number of carbonyl (C=O) groups excluding carboxylic acids is 1. The molecule has 0 saturated carbocycles. The van der Waals surface area contributed by atoms with Gasteiger partial charge in [0.1, 0.15) is 0 Å². The third-order valence-electron chi connectivity index (χ3n) is 2.98. The van der Waals surface area contributed by atoms with Crippen LogP contribution < -0.4 is 5.32 Å². The summed E-state index contributed by atoms with van der Waals surface area (Å²) in [5.41, 5.74) is 0.622. The van der Waals surface area contributed by atoms with Crippen LogP contribution in [-0.4, -0.2) is 26.5 Å². The third-order valence-corrected chi connectivity index (χ3v) is 2.98. The van der Waals surface area contributed by atoms with Gasteiger partial charge < -0.3 is 15.0 Å². The summed E-state index contributed by atoms with van der Waals surface area (Å²) in [5.74, 6) is -2.67. The van der Waals surface area contributed by atoms with Crippen molar-refractivity contribution in [3.8, 4) is 0 Å². The van der Waals surface area contributed by atoms with Crippen molar-refractivity contribution in [2.45, 2.75) is 19.0 Å². The van der Waals surface area contributed by atoms with Gasteiger partial charge in [0.05, 0.1) is 17.5 Å². The number of nitrogens with zero attached hydrogens (tertiary/aromatic N) is 2. The summed E-state index contributed by atoms with van der Waals surface area (Å²) in [6.07, 6.45) is -5.11. The molecule has 6 nitrogen and oxygen atoms in total. The first-order valence-corrected chi connectivity index (χ1v) is 6.24. The summed E-state index contributed by atoms with van der Waals surface area (Å²) in [6.45, 7) is 0. The van der Waals surface area contributed by atoms with Crippen LogP contribution in [0.1, 0.15) is 18.7 Å². The van der Waals surface area contributed by atoms with Gasteiger partial charge in [-0.25, -0.2) is 4.98 Å². The van der Waals surface area contributed by atoms with Crippen molar-refractivity contribution >= 4 is 28.6 Å². The molecule has 0 aliphatic rings. The molecule has 1 heterocycles. The van der Waals surface area contributed by atoms with Gasteiger partial charge in [0.15, 0.2) is 0 Å². The number of carboxylic acids is 1. The number of alkyl halides is 3. The van der Waals surface area contributed by atoms with Crippen molar-refractivity contribution < 1.29 is 27.9 Å². The fourth-order valence-electron chi connectivity index (χ4n) is 1.98. The topological polar surface area (TPSA) is 84.2 Å². The lowest BCUT2D eigenvalue weighted by Crippen LogP contribution is -2.13. The molecule has 22 heavy (non-hydrogen) atoms. The standard InChI is InChI=1S/C13H12F3N3O3/c1-19-9-3-2-7(17-10(20)4-5-11(21)22)6-8(9)18-12(19)13(14,15)16/h2-3,6H,4-5H2,1H3,(H,17,20)(H,21,22). The van der Waals surface area contributed by atoms with Crippen molar-refractivity contribution in [1.29, 1.82) is 0 Å². The Balaban J connectivity index is 2.24. The minimum absolute atomic E-state index is 0.0888. The molecule has 9 heteroatoms. The number of hydrogen-bond acceptors (Lipinski definition) is 3. The summed E-state index contributed by atoms with van der Waals surface area (Å²) in [4.78, 5) is 25.4. The zero-order valence-electron chi connectivity index (χ0n) is 11.4. The Kier molecular flexibility index (Phi) is 4.07. The average molecular weight is 315 g/mol. The molecule has 0 bridgehead atoms. The van der Waals surface area contributed by atoms with Gasteiger partial charge in [-0.05, 0) is 18.2 Å². The molecule has 0 atom stereocenters. The SMILES string of the molecule is Cn1c(C(F)(F)F)nc2cc(NC(=O)CCC(=O)O)ccc21. The van der Waals surface area contributed by atoms with Gasteiger partial charge in [-0.15, -0.1) is 0 Å². The van der Waals surface area contributed by atoms with E-state index in [-0.39, 0.29) is 29.6 Å². The fourth-order valence-corrected chi connectivity index (χ4v) is 1.98. The van der Waals surface area contributed by atoms with Gasteiger partial charge in [-0.3, -0.25) is 9.59 Å². The summed E-state index contributed by atoms with van der Waals surface area (Å²) in [7, 11) is 1.25. The van der Waals surface area contributed by atoms with Gasteiger partial charge in [-0.2, -0.15) is 13.2 Å². The second kappa shape index (κ2) is 5.66. The molecule has 1 aromatic heterocycles. The number of amides is 1. The quantitative estimate of drug-likeness (QED) is 0.907. The Morgan fingerprint density at radius 2 is 2.00 bits per heavy atom. The van der Waals surface area contributed by atoms with Gasteiger partial charge in [0, 0.05) is 19.2 Å². The molecule has 2 N–H and O–H groups in total. The largest absolute Gasteiger partial charge is 0.481 e. The first-order valence-electron chi connectivity index (χ1n) is 6.24. The number of imidazole rings is 1. The van der Waals surface area contributed by atoms with Crippen molar-refractivity contribution in [3.05, 3.63) is 24.0 Å². The molecular weight excluding hydrogens is 303 g/mol. The highest BCUT2D eigenvalue weighted by Crippen LogP contribution is 2.31. The van der Waals surface area contributed by atoms with Crippen LogP contribution in [0.2, 0.25) is 0 Å². The van der Waals surface area contributed by atoms with E-state index in [0.29, 0.717) is 0 Å². The number of aromatic nitrogens is 2. The number of rotatable bonds is 4. The minimum atomic E-state index is -4.57. The lowest BCUT2D eigenvalue weighted by molar-refractivity contribution is -0.146. The summed E-state index contributed by atoms with van der Waals surface area (Å²) in [6, 6.07) is 4.15. The number of nitrogens with one attached hydrogen (secondary N) is 1. The summed E-state index contributed by atoms with van der Waals surface area (Å²) in [5, 5.41) is 10.9. The number of fused-ring (bicyclic) bond motifs is 1. The normalized spacial score (nSPS) is 11.6. The Bertz CT molecular complexity index is 737. The van der Waals surface area contributed by atoms with Crippen molar-refractivity contribution in [2.24, 2.45) is 7.05 Å². The maximum absolute atomic E-state index is 12.8. The number of carbonyl (C=O) groups is 2. The van der Waals surface area contributed by atoms with E-state index in [2.05, 4.69) is 10.3 Å². The third kappa shape index (κ3) is 3.35. The number of carboxylic acid groups (broad SMARTS) is 1. The fraction of sp³-hybridized carbons (Fsp3) is 0.308. The van der Waals surface area contributed by atoms with Crippen LogP contribution in [0.5, 0.6) is 0 Å². The lowest BCUT2D eigenvalue weighted by atomic mass is 10.2. The molecule has 2 rings (SSSR count). The van der Waals surface area contributed by atoms with Crippen LogP contribution in [-0.2, 0) is 22.8 Å². The monoisotopic (exact) mass is 315 g/mol. The van der Waals surface area contributed by atoms with E-state index in [0.717, 1.165) is 4.57 Å². The predicted octanol–water partition coefficient (Wildman–Crippen LogP) is 2.40. The zero-order chi connectivity index (χ0) is 16.5. The van der Waals surface area contributed by atoms with E-state index in [9.17, 15) is 22.8 Å². The van der Waals surface area contributed by atoms with Crippen LogP contribution in [0.15, 0.2) is 18.2 Å². The van der Waals surface area contributed by atoms with E-state index in [1.165, 1.54) is 25.2 Å². The van der Waals surface area contributed by atoms with Crippen molar-refractivity contribution in [1.82, 2.24) is 9.55 Å². The van der Waals surface area contributed by atoms with Gasteiger partial charge in [0.25, 0.3) is 0 Å². The van der Waals surface area contributed by atoms with E-state index in [1.54, 1.807) is 0 Å². The summed E-state index contributed by atoms with van der Waals surface area (Å²) >= 11 is 0. The Morgan fingerprint density at radius 3 is 2.59 bits per heavy atom. The molecule has 0 aliphatic heterocycles. The first-order chi connectivity index (χ1) is 10.2. The van der Waals surface area contributed by atoms with Crippen LogP contribution >= 0.6 is 0 Å². The second-order valence-corrected chi connectivity index (χ2v) is 4.64. The average Bonchev–Trinajstić information content (AvgIpc) is 2.73. The van der Waals surface area contributed by atoms with Crippen LogP contribution in [0, 0.1) is 0 Å². The Labute approximate surface area is 122 Å². The predicted molar refractivity (Wildman–Crippen MR) is 71.2 cm³/mol. The number of aliphatic carboxylic acids is 1. The molecule has 0 fully saturated rings. The van der Waals surface area contributed by atoms with E-state index in [1.807, 2.05) is 0 Å². The Hall–Kier alpha value is -2.58. The molecule has 0 aliphatic carbocycles. The minimum Gasteiger partial charge on any atom is -0.481 e. The van der Waals surface area contributed by atoms with E-state index >= 15 is 0 Å². The molecule has 0 spiro atoms. The number of anilines is 1. The van der Waals surface area contributed by atoms with Gasteiger partial charge in [-0.1, -0.05) is 0 Å². The highest BCUT2D eigenvalue weighted by molar-refractivity contribution is 5.94. The molecule has 1 amide bonds. The highest BCUT2D eigenvalue weighted by Gasteiger charge is 2.36. The van der Waals surface area contributed by atoms with Crippen LogP contribution in [0.4, 0.5) is 18.9 Å². The molecule has 0 radical (unpaired) electrons. The smallest absolute Gasteiger partial charge is 0.449 e.